The van der Waals surface area contributed by atoms with E-state index in [1.54, 1.807) is 0 Å². The van der Waals surface area contributed by atoms with Gasteiger partial charge in [0.15, 0.2) is 0 Å². The molecule has 1 aliphatic heterocycles. The number of nitrogens with one attached hydrogen (secondary N) is 2. The first-order valence-corrected chi connectivity index (χ1v) is 8.67. The van der Waals surface area contributed by atoms with Gasteiger partial charge in [0.25, 0.3) is 0 Å². The maximum Gasteiger partial charge on any atom is 0.309 e. The third-order valence-corrected chi connectivity index (χ3v) is 4.88. The first-order chi connectivity index (χ1) is 11.5. The molecule has 0 bridgehead atoms. The van der Waals surface area contributed by atoms with Gasteiger partial charge in [-0.05, 0) is 32.0 Å². The summed E-state index contributed by atoms with van der Waals surface area (Å²) in [5, 5.41) is 5.55. The fraction of sp³-hybridized carbons (Fsp3) is 0.647. The number of nitrogens with zero attached hydrogens (tertiary/aromatic N) is 3. The Balaban J connectivity index is 1.62. The van der Waals surface area contributed by atoms with Gasteiger partial charge in [0.2, 0.25) is 0 Å². The van der Waals surface area contributed by atoms with E-state index >= 15 is 0 Å². The topological polar surface area (TPSA) is 69.6 Å². The van der Waals surface area contributed by atoms with Gasteiger partial charge in [-0.1, -0.05) is 0 Å². The summed E-state index contributed by atoms with van der Waals surface area (Å²) in [6.45, 7) is 4.37. The number of carbonyl (C=O) groups excluding carboxylic acids is 2. The molecule has 0 radical (unpaired) electrons. The molecule has 0 spiro atoms. The molecule has 1 unspecified atom stereocenters. The highest BCUT2D eigenvalue weighted by molar-refractivity contribution is 6.35. The monoisotopic (exact) mass is 333 g/mol. The van der Waals surface area contributed by atoms with Crippen molar-refractivity contribution >= 4 is 11.8 Å². The van der Waals surface area contributed by atoms with Crippen LogP contribution < -0.4 is 10.6 Å². The van der Waals surface area contributed by atoms with Crippen LogP contribution in [-0.4, -0.2) is 72.0 Å². The number of aromatic nitrogens is 1. The van der Waals surface area contributed by atoms with Crippen molar-refractivity contribution in [3.63, 3.8) is 0 Å². The Hall–Kier alpha value is -1.86. The van der Waals surface area contributed by atoms with Crippen molar-refractivity contribution in [1.82, 2.24) is 25.0 Å². The van der Waals surface area contributed by atoms with Crippen molar-refractivity contribution in [3.05, 3.63) is 24.0 Å². The molecule has 7 nitrogen and oxygen atoms in total. The summed E-state index contributed by atoms with van der Waals surface area (Å²) in [7, 11) is 4.14. The molecule has 1 aromatic rings. The lowest BCUT2D eigenvalue weighted by atomic mass is 10.1. The predicted molar refractivity (Wildman–Crippen MR) is 91.4 cm³/mol. The van der Waals surface area contributed by atoms with Crippen LogP contribution in [0.5, 0.6) is 0 Å². The molecule has 1 aromatic heterocycles. The van der Waals surface area contributed by atoms with E-state index < -0.39 is 11.8 Å². The molecule has 2 amide bonds. The lowest BCUT2D eigenvalue weighted by Gasteiger charge is -2.38. The molecule has 1 aliphatic carbocycles. The number of amides is 2. The second-order valence-corrected chi connectivity index (χ2v) is 6.86. The second kappa shape index (κ2) is 7.36. The van der Waals surface area contributed by atoms with Gasteiger partial charge in [0.05, 0.1) is 6.04 Å². The molecular formula is C17H27N5O2. The van der Waals surface area contributed by atoms with Gasteiger partial charge in [0.1, 0.15) is 0 Å². The van der Waals surface area contributed by atoms with Crippen molar-refractivity contribution in [1.29, 1.82) is 0 Å². The molecular weight excluding hydrogens is 306 g/mol. The standard InChI is InChI=1S/C17H27N5O2/c1-20-8-10-22(11-9-20)15(14-4-3-7-21(14)2)12-18-16(23)17(24)19-13-5-6-13/h3-4,7,13,15H,5-6,8-12H2,1-2H3,(H,18,23)(H,19,24). The fourth-order valence-electron chi connectivity index (χ4n) is 3.12. The molecule has 2 aliphatic rings. The number of carbonyl (C=O) groups is 2. The summed E-state index contributed by atoms with van der Waals surface area (Å²) in [5.41, 5.74) is 1.16. The maximum absolute atomic E-state index is 12.0. The van der Waals surface area contributed by atoms with Crippen LogP contribution >= 0.6 is 0 Å². The van der Waals surface area contributed by atoms with E-state index in [4.69, 9.17) is 0 Å². The summed E-state index contributed by atoms with van der Waals surface area (Å²) >= 11 is 0. The van der Waals surface area contributed by atoms with Gasteiger partial charge < -0.3 is 20.1 Å². The average molecular weight is 333 g/mol. The number of aryl methyl sites for hydroxylation is 1. The number of hydrogen-bond donors (Lipinski definition) is 2. The number of rotatable bonds is 5. The highest BCUT2D eigenvalue weighted by Gasteiger charge is 2.29. The van der Waals surface area contributed by atoms with E-state index in [-0.39, 0.29) is 12.1 Å². The van der Waals surface area contributed by atoms with E-state index in [0.717, 1.165) is 44.7 Å². The first-order valence-electron chi connectivity index (χ1n) is 8.67. The summed E-state index contributed by atoms with van der Waals surface area (Å²) in [4.78, 5) is 28.6. The van der Waals surface area contributed by atoms with Gasteiger partial charge in [-0.15, -0.1) is 0 Å². The lowest BCUT2D eigenvalue weighted by molar-refractivity contribution is -0.139. The third-order valence-electron chi connectivity index (χ3n) is 4.88. The molecule has 7 heteroatoms. The number of likely N-dealkylation sites (N-methyl/N-ethyl adjacent to an activating group) is 1. The summed E-state index contributed by atoms with van der Waals surface area (Å²) in [6.07, 6.45) is 3.97. The first kappa shape index (κ1) is 17.0. The van der Waals surface area contributed by atoms with Crippen LogP contribution in [0.15, 0.2) is 18.3 Å². The number of hydrogen-bond acceptors (Lipinski definition) is 4. The highest BCUT2D eigenvalue weighted by atomic mass is 16.2. The van der Waals surface area contributed by atoms with Crippen molar-refractivity contribution in [3.8, 4) is 0 Å². The van der Waals surface area contributed by atoms with Crippen LogP contribution in [0, 0.1) is 0 Å². The molecule has 2 fully saturated rings. The van der Waals surface area contributed by atoms with Gasteiger partial charge in [-0.25, -0.2) is 0 Å². The van der Waals surface area contributed by atoms with Crippen molar-refractivity contribution < 1.29 is 9.59 Å². The van der Waals surface area contributed by atoms with E-state index in [9.17, 15) is 9.59 Å². The molecule has 132 valence electrons. The van der Waals surface area contributed by atoms with Crippen LogP contribution in [0.2, 0.25) is 0 Å². The smallest absolute Gasteiger partial charge is 0.309 e. The Morgan fingerprint density at radius 2 is 1.88 bits per heavy atom. The van der Waals surface area contributed by atoms with Gasteiger partial charge in [-0.3, -0.25) is 14.5 Å². The van der Waals surface area contributed by atoms with E-state index in [1.165, 1.54) is 0 Å². The maximum atomic E-state index is 12.0. The quantitative estimate of drug-likeness (QED) is 0.727. The molecule has 1 atom stereocenters. The summed E-state index contributed by atoms with van der Waals surface area (Å²) < 4.78 is 2.08. The molecule has 1 saturated heterocycles. The van der Waals surface area contributed by atoms with Crippen LogP contribution in [0.25, 0.3) is 0 Å². The van der Waals surface area contributed by atoms with Crippen molar-refractivity contribution in [2.45, 2.75) is 24.9 Å². The summed E-state index contributed by atoms with van der Waals surface area (Å²) in [5.74, 6) is -1.04. The minimum Gasteiger partial charge on any atom is -0.353 e. The minimum absolute atomic E-state index is 0.0800. The van der Waals surface area contributed by atoms with Crippen LogP contribution in [0.3, 0.4) is 0 Å². The van der Waals surface area contributed by atoms with Crippen LogP contribution in [0.4, 0.5) is 0 Å². The van der Waals surface area contributed by atoms with Crippen molar-refractivity contribution in [2.24, 2.45) is 7.05 Å². The zero-order chi connectivity index (χ0) is 17.1. The Morgan fingerprint density at radius 3 is 2.46 bits per heavy atom. The largest absolute Gasteiger partial charge is 0.353 e. The van der Waals surface area contributed by atoms with Crippen LogP contribution in [0.1, 0.15) is 24.6 Å². The van der Waals surface area contributed by atoms with Crippen molar-refractivity contribution in [2.75, 3.05) is 39.8 Å². The molecule has 2 N–H and O–H groups in total. The van der Waals surface area contributed by atoms with Gasteiger partial charge >= 0.3 is 11.8 Å². The SMILES string of the molecule is CN1CCN(C(CNC(=O)C(=O)NC2CC2)c2cccn2C)CC1. The summed E-state index contributed by atoms with van der Waals surface area (Å²) in [6, 6.07) is 4.38. The third kappa shape index (κ3) is 4.15. The Kier molecular flexibility index (Phi) is 5.20. The Morgan fingerprint density at radius 1 is 1.17 bits per heavy atom. The van der Waals surface area contributed by atoms with Crippen LogP contribution in [-0.2, 0) is 16.6 Å². The lowest BCUT2D eigenvalue weighted by Crippen LogP contribution is -2.50. The molecule has 0 aromatic carbocycles. The molecule has 3 rings (SSSR count). The highest BCUT2D eigenvalue weighted by Crippen LogP contribution is 2.22. The Bertz CT molecular complexity index is 588. The molecule has 2 heterocycles. The minimum atomic E-state index is -0.532. The number of piperazine rings is 1. The van der Waals surface area contributed by atoms with E-state index in [1.807, 2.05) is 19.3 Å². The molecule has 1 saturated carbocycles. The average Bonchev–Trinajstić information content (AvgIpc) is 3.28. The zero-order valence-corrected chi connectivity index (χ0v) is 14.5. The van der Waals surface area contributed by atoms with E-state index in [0.29, 0.717) is 6.54 Å². The van der Waals surface area contributed by atoms with E-state index in [2.05, 4.69) is 38.1 Å². The zero-order valence-electron chi connectivity index (χ0n) is 14.5. The van der Waals surface area contributed by atoms with Gasteiger partial charge in [-0.2, -0.15) is 0 Å². The fourth-order valence-corrected chi connectivity index (χ4v) is 3.12. The second-order valence-electron chi connectivity index (χ2n) is 6.86. The Labute approximate surface area is 143 Å². The predicted octanol–water partition coefficient (Wildman–Crippen LogP) is -0.292. The molecule has 24 heavy (non-hydrogen) atoms. The van der Waals surface area contributed by atoms with Gasteiger partial charge in [0, 0.05) is 57.7 Å². The normalized spacial score (nSPS) is 20.6.